The van der Waals surface area contributed by atoms with Crippen molar-refractivity contribution in [1.82, 2.24) is 35.1 Å². The summed E-state index contributed by atoms with van der Waals surface area (Å²) in [6.07, 6.45) is 7.91. The van der Waals surface area contributed by atoms with Gasteiger partial charge in [-0.05, 0) is 49.0 Å². The number of nitrogens with zero attached hydrogens (tertiary/aromatic N) is 8. The van der Waals surface area contributed by atoms with Crippen molar-refractivity contribution in [2.75, 3.05) is 75.8 Å². The first kappa shape index (κ1) is 43.6. The van der Waals surface area contributed by atoms with Crippen molar-refractivity contribution in [3.8, 4) is 22.3 Å². The van der Waals surface area contributed by atoms with Crippen molar-refractivity contribution < 1.29 is 14.0 Å². The summed E-state index contributed by atoms with van der Waals surface area (Å²) in [7, 11) is 1.86. The van der Waals surface area contributed by atoms with Gasteiger partial charge in [-0.25, -0.2) is 24.3 Å². The highest BCUT2D eigenvalue weighted by Crippen LogP contribution is 2.37. The highest BCUT2D eigenvalue weighted by Gasteiger charge is 2.24. The van der Waals surface area contributed by atoms with Gasteiger partial charge in [0.2, 0.25) is 11.8 Å². The zero-order valence-electron chi connectivity index (χ0n) is 34.0. The van der Waals surface area contributed by atoms with Crippen molar-refractivity contribution in [2.24, 2.45) is 0 Å². The molecule has 2 aliphatic rings. The lowest BCUT2D eigenvalue weighted by Gasteiger charge is -2.35. The summed E-state index contributed by atoms with van der Waals surface area (Å²) in [4.78, 5) is 49.8. The number of fused-ring (bicyclic) bond motifs is 2. The summed E-state index contributed by atoms with van der Waals surface area (Å²) in [6, 6.07) is 24.1. The molecule has 4 heterocycles. The Morgan fingerprint density at radius 1 is 0.683 bits per heavy atom. The number of hydrogen-bond donors (Lipinski definition) is 1. The lowest BCUT2D eigenvalue weighted by Crippen LogP contribution is -2.48. The maximum atomic E-state index is 14.2. The minimum Gasteiger partial charge on any atom is -0.352 e. The molecule has 0 spiro atoms. The number of piperazine rings is 2. The molecule has 2 fully saturated rings. The normalized spacial score (nSPS) is 14.1. The van der Waals surface area contributed by atoms with Crippen molar-refractivity contribution in [2.45, 2.75) is 13.8 Å². The van der Waals surface area contributed by atoms with E-state index in [1.165, 1.54) is 18.5 Å². The number of carbonyl (C=O) groups is 2. The molecule has 310 valence electrons. The van der Waals surface area contributed by atoms with E-state index in [4.69, 9.17) is 23.2 Å². The second-order valence-electron chi connectivity index (χ2n) is 13.7. The van der Waals surface area contributed by atoms with Gasteiger partial charge in [0, 0.05) is 102 Å². The molecule has 2 aromatic heterocycles. The monoisotopic (exact) mass is 847 g/mol. The van der Waals surface area contributed by atoms with E-state index < -0.39 is 0 Å². The average Bonchev–Trinajstić information content (AvgIpc) is 3.29. The van der Waals surface area contributed by atoms with Crippen LogP contribution in [0.25, 0.3) is 44.1 Å². The minimum atomic E-state index is -0.332. The van der Waals surface area contributed by atoms with Gasteiger partial charge in [-0.15, -0.1) is 0 Å². The number of rotatable bonds is 8. The van der Waals surface area contributed by atoms with Gasteiger partial charge in [0.1, 0.15) is 30.1 Å². The van der Waals surface area contributed by atoms with E-state index in [9.17, 15) is 14.0 Å². The first-order valence-corrected chi connectivity index (χ1v) is 20.7. The number of hydrogen-bond acceptors (Lipinski definition) is 9. The molecule has 8 rings (SSSR count). The number of likely N-dealkylation sites (N-methyl/N-ethyl adjacent to an activating group) is 1. The van der Waals surface area contributed by atoms with E-state index in [1.54, 1.807) is 47.6 Å². The predicted molar refractivity (Wildman–Crippen MR) is 242 cm³/mol. The van der Waals surface area contributed by atoms with Crippen molar-refractivity contribution in [3.05, 3.63) is 132 Å². The zero-order chi connectivity index (χ0) is 42.6. The average molecular weight is 849 g/mol. The quantitative estimate of drug-likeness (QED) is 0.151. The van der Waals surface area contributed by atoms with Crippen molar-refractivity contribution >= 4 is 68.5 Å². The molecule has 0 bridgehead atoms. The third kappa shape index (κ3) is 10.1. The molecule has 0 atom stereocenters. The van der Waals surface area contributed by atoms with Gasteiger partial charge in [0.05, 0.1) is 11.0 Å². The van der Waals surface area contributed by atoms with Gasteiger partial charge in [-0.1, -0.05) is 98.2 Å². The van der Waals surface area contributed by atoms with Crippen molar-refractivity contribution in [3.63, 3.8) is 0 Å². The third-order valence-electron chi connectivity index (χ3n) is 10.2. The van der Waals surface area contributed by atoms with Crippen LogP contribution in [0.1, 0.15) is 13.8 Å². The van der Waals surface area contributed by atoms with Crippen LogP contribution in [0.4, 0.5) is 16.0 Å². The molecule has 14 heteroatoms. The Bertz CT molecular complexity index is 2470. The smallest absolute Gasteiger partial charge is 0.246 e. The molecule has 0 unspecified atom stereocenters. The Labute approximate surface area is 360 Å². The molecule has 11 nitrogen and oxygen atoms in total. The molecule has 0 radical (unpaired) electrons. The van der Waals surface area contributed by atoms with Crippen LogP contribution >= 0.6 is 23.2 Å². The molecule has 60 heavy (non-hydrogen) atoms. The van der Waals surface area contributed by atoms with Gasteiger partial charge < -0.3 is 24.9 Å². The number of amides is 2. The lowest BCUT2D eigenvalue weighted by molar-refractivity contribution is -0.127. The minimum absolute atomic E-state index is 0.0491. The third-order valence-corrected chi connectivity index (χ3v) is 10.8. The molecule has 2 aliphatic heterocycles. The maximum absolute atomic E-state index is 14.2. The fourth-order valence-corrected chi connectivity index (χ4v) is 7.68. The molecule has 2 amide bonds. The molecule has 4 aromatic carbocycles. The molecule has 0 saturated carbocycles. The highest BCUT2D eigenvalue weighted by molar-refractivity contribution is 6.35. The van der Waals surface area contributed by atoms with Crippen LogP contribution in [0.5, 0.6) is 0 Å². The summed E-state index contributed by atoms with van der Waals surface area (Å²) in [5, 5.41) is 5.84. The number of halogens is 3. The van der Waals surface area contributed by atoms with Crippen molar-refractivity contribution in [1.29, 1.82) is 0 Å². The summed E-state index contributed by atoms with van der Waals surface area (Å²) in [5.41, 5.74) is 4.60. The van der Waals surface area contributed by atoms with E-state index in [-0.39, 0.29) is 17.6 Å². The first-order chi connectivity index (χ1) is 29.2. The number of benzene rings is 4. The Morgan fingerprint density at radius 2 is 1.18 bits per heavy atom. The van der Waals surface area contributed by atoms with Crippen LogP contribution in [-0.4, -0.2) is 108 Å². The molecule has 0 aliphatic carbocycles. The van der Waals surface area contributed by atoms with Crippen LogP contribution < -0.4 is 15.1 Å². The van der Waals surface area contributed by atoms with Gasteiger partial charge in [0.25, 0.3) is 0 Å². The van der Waals surface area contributed by atoms with E-state index >= 15 is 0 Å². The highest BCUT2D eigenvalue weighted by atomic mass is 35.5. The van der Waals surface area contributed by atoms with Gasteiger partial charge in [-0.2, -0.15) is 0 Å². The van der Waals surface area contributed by atoms with Crippen LogP contribution in [0.3, 0.4) is 0 Å². The lowest BCUT2D eigenvalue weighted by atomic mass is 10.0. The van der Waals surface area contributed by atoms with Gasteiger partial charge in [-0.3, -0.25) is 9.59 Å². The molecule has 1 N–H and O–H groups in total. The largest absolute Gasteiger partial charge is 0.352 e. The zero-order valence-corrected chi connectivity index (χ0v) is 35.5. The van der Waals surface area contributed by atoms with E-state index in [1.807, 2.05) is 74.3 Å². The Balaban J connectivity index is 0.000000194. The SMILES string of the molecule is C=CC(=O)N1CCN(c2ncnc3cc(-c4ccccc4F)c(Cl)cc23)CC1.CC.CNC/C=C/C(=O)N1CCN(c2ncnc3cc(-c4ccccc4)c(Cl)cc23)CC1. The number of anilines is 2. The van der Waals surface area contributed by atoms with E-state index in [0.717, 1.165) is 52.1 Å². The van der Waals surface area contributed by atoms with E-state index in [2.05, 4.69) is 41.6 Å². The fraction of sp³-hybridized carbons (Fsp3) is 0.261. The summed E-state index contributed by atoms with van der Waals surface area (Å²) >= 11 is 13.1. The fourth-order valence-electron chi connectivity index (χ4n) is 7.14. The predicted octanol–water partition coefficient (Wildman–Crippen LogP) is 8.32. The second kappa shape index (κ2) is 20.8. The van der Waals surface area contributed by atoms with Gasteiger partial charge in [0.15, 0.2) is 0 Å². The number of nitrogens with one attached hydrogen (secondary N) is 1. The molecular formula is C46H48Cl2FN9O2. The second-order valence-corrected chi connectivity index (χ2v) is 14.5. The number of aromatic nitrogens is 4. The Morgan fingerprint density at radius 3 is 1.72 bits per heavy atom. The summed E-state index contributed by atoms with van der Waals surface area (Å²) in [6.45, 7) is 13.5. The molecular weight excluding hydrogens is 800 g/mol. The molecule has 6 aromatic rings. The maximum Gasteiger partial charge on any atom is 0.246 e. The van der Waals surface area contributed by atoms with Crippen LogP contribution in [0, 0.1) is 5.82 Å². The Kier molecular flexibility index (Phi) is 15.2. The topological polar surface area (TPSA) is 111 Å². The van der Waals surface area contributed by atoms with Crippen LogP contribution in [0.2, 0.25) is 10.0 Å². The summed E-state index contributed by atoms with van der Waals surface area (Å²) < 4.78 is 14.2. The van der Waals surface area contributed by atoms with E-state index in [0.29, 0.717) is 72.5 Å². The standard InChI is InChI=1S/C23H24ClN5O.C21H18ClFN4O.C2H6/c1-25-9-5-8-22(30)28-10-12-29(13-11-28)23-19-14-20(24)18(15-21(19)26-16-27-23)17-6-3-2-4-7-17;1-2-20(28)26-7-9-27(10-8-26)21-16-11-17(22)15(12-19(16)24-13-25-21)14-5-3-4-6-18(14)23;1-2/h2-8,14-16,25H,9-13H2,1H3;2-6,11-13H,1,7-10H2;1-2H3/b8-5+;;. The van der Waals surface area contributed by atoms with Crippen LogP contribution in [-0.2, 0) is 9.59 Å². The Hall–Kier alpha value is -5.95. The van der Waals surface area contributed by atoms with Crippen LogP contribution in [0.15, 0.2) is 116 Å². The summed E-state index contributed by atoms with van der Waals surface area (Å²) in [5.74, 6) is 1.27. The van der Waals surface area contributed by atoms with Gasteiger partial charge >= 0.3 is 0 Å². The number of carbonyl (C=O) groups excluding carboxylic acids is 2. The molecule has 2 saturated heterocycles. The first-order valence-electron chi connectivity index (χ1n) is 20.0.